The smallest absolute Gasteiger partial charge is 0.234 e. The molecule has 38 heavy (non-hydrogen) atoms. The van der Waals surface area contributed by atoms with Gasteiger partial charge in [0.05, 0.1) is 25.0 Å². The molecule has 0 saturated carbocycles. The molecule has 0 spiro atoms. The van der Waals surface area contributed by atoms with E-state index in [1.165, 1.54) is 28.4 Å². The van der Waals surface area contributed by atoms with Gasteiger partial charge in [-0.05, 0) is 67.8 Å². The third-order valence-electron chi connectivity index (χ3n) is 8.16. The lowest BCUT2D eigenvalue weighted by atomic mass is 9.59. The number of hydrogen-bond donors (Lipinski definition) is 1. The zero-order valence-corrected chi connectivity index (χ0v) is 21.9. The maximum atomic E-state index is 13.8. The fraction of sp³-hybridized carbons (Fsp3) is 0.333. The van der Waals surface area contributed by atoms with Crippen LogP contribution in [0.1, 0.15) is 43.0 Å². The molecule has 0 unspecified atom stereocenters. The average molecular weight is 530 g/mol. The summed E-state index contributed by atoms with van der Waals surface area (Å²) in [4.78, 5) is 56.2. The molecule has 0 radical (unpaired) electrons. The van der Waals surface area contributed by atoms with Crippen LogP contribution in [0.2, 0.25) is 0 Å². The van der Waals surface area contributed by atoms with Crippen molar-refractivity contribution in [2.24, 2.45) is 17.8 Å². The summed E-state index contributed by atoms with van der Waals surface area (Å²) in [5.74, 6) is -2.55. The Balaban J connectivity index is 1.46. The van der Waals surface area contributed by atoms with Gasteiger partial charge in [-0.2, -0.15) is 0 Å². The van der Waals surface area contributed by atoms with Crippen LogP contribution >= 0.6 is 11.3 Å². The number of imide groups is 1. The van der Waals surface area contributed by atoms with Crippen LogP contribution < -0.4 is 4.74 Å². The van der Waals surface area contributed by atoms with E-state index in [9.17, 15) is 24.3 Å². The van der Waals surface area contributed by atoms with Crippen molar-refractivity contribution in [3.8, 4) is 11.5 Å². The van der Waals surface area contributed by atoms with Crippen molar-refractivity contribution in [2.75, 3.05) is 6.61 Å². The van der Waals surface area contributed by atoms with E-state index < -0.39 is 17.8 Å². The Hall–Kier alpha value is -3.78. The van der Waals surface area contributed by atoms with Crippen LogP contribution in [0, 0.1) is 17.8 Å². The highest BCUT2D eigenvalue weighted by molar-refractivity contribution is 7.09. The summed E-state index contributed by atoms with van der Waals surface area (Å²) < 4.78 is 5.62. The molecule has 1 aromatic heterocycles. The first-order valence-electron chi connectivity index (χ1n) is 12.8. The van der Waals surface area contributed by atoms with Crippen molar-refractivity contribution in [1.82, 2.24) is 4.90 Å². The normalized spacial score (nSPS) is 26.6. The molecule has 7 nitrogen and oxygen atoms in total. The molecular formula is C30H27NO6S. The minimum atomic E-state index is -0.586. The standard InChI is InChI=1S/C30H27NO6S/c1-3-37-24-12-16(6-9-22(24)32)25-18-7-8-19-26(30(36)31(29(19)35)14-17-5-4-10-38-17)20(18)13-21-27(25)23(33)11-15(2)28(21)34/h4-7,9-12,19-20,25-26,32H,3,8,13-14H2,1-2H3/t19-,20+,25-,26-/m0/s1. The Morgan fingerprint density at radius 3 is 2.66 bits per heavy atom. The number of carbonyl (C=O) groups is 4. The highest BCUT2D eigenvalue weighted by Gasteiger charge is 2.56. The fourth-order valence-corrected chi connectivity index (χ4v) is 7.22. The number of carbonyl (C=O) groups excluding carboxylic acids is 4. The number of Topliss-reactive ketones (excluding diaryl/α,β-unsaturated/α-hetero) is 1. The number of ketones is 2. The number of aromatic hydroxyl groups is 1. The van der Waals surface area contributed by atoms with Crippen molar-refractivity contribution in [2.45, 2.75) is 39.2 Å². The van der Waals surface area contributed by atoms with Crippen molar-refractivity contribution < 1.29 is 29.0 Å². The molecule has 4 aliphatic rings. The quantitative estimate of drug-likeness (QED) is 0.348. The van der Waals surface area contributed by atoms with E-state index in [2.05, 4.69) is 0 Å². The summed E-state index contributed by atoms with van der Waals surface area (Å²) in [6.45, 7) is 4.04. The van der Waals surface area contributed by atoms with Crippen LogP contribution in [0.5, 0.6) is 11.5 Å². The Kier molecular flexibility index (Phi) is 5.94. The number of phenols is 1. The summed E-state index contributed by atoms with van der Waals surface area (Å²) in [5.41, 5.74) is 2.80. The maximum Gasteiger partial charge on any atom is 0.234 e. The van der Waals surface area contributed by atoms with Crippen LogP contribution in [0.25, 0.3) is 0 Å². The third-order valence-corrected chi connectivity index (χ3v) is 9.03. The lowest BCUT2D eigenvalue weighted by Crippen LogP contribution is -2.39. The number of likely N-dealkylation sites (tertiary alicyclic amines) is 1. The molecule has 6 rings (SSSR count). The van der Waals surface area contributed by atoms with Crippen molar-refractivity contribution in [1.29, 1.82) is 0 Å². The molecule has 2 aromatic rings. The van der Waals surface area contributed by atoms with Crippen molar-refractivity contribution >= 4 is 34.7 Å². The van der Waals surface area contributed by atoms with E-state index in [0.29, 0.717) is 41.1 Å². The monoisotopic (exact) mass is 529 g/mol. The summed E-state index contributed by atoms with van der Waals surface area (Å²) in [5, 5.41) is 12.2. The Labute approximate surface area is 224 Å². The van der Waals surface area contributed by atoms with Crippen molar-refractivity contribution in [3.05, 3.63) is 80.6 Å². The number of rotatable bonds is 5. The summed E-state index contributed by atoms with van der Waals surface area (Å²) in [7, 11) is 0. The van der Waals surface area contributed by atoms with Gasteiger partial charge in [-0.15, -0.1) is 11.3 Å². The van der Waals surface area contributed by atoms with Crippen molar-refractivity contribution in [3.63, 3.8) is 0 Å². The summed E-state index contributed by atoms with van der Waals surface area (Å²) in [6, 6.07) is 8.77. The molecule has 2 heterocycles. The van der Waals surface area contributed by atoms with Gasteiger partial charge in [-0.3, -0.25) is 24.1 Å². The molecular weight excluding hydrogens is 502 g/mol. The molecule has 8 heteroatoms. The molecule has 4 atom stereocenters. The number of thiophene rings is 1. The number of amides is 2. The zero-order chi connectivity index (χ0) is 26.7. The van der Waals surface area contributed by atoms with Gasteiger partial charge in [0.15, 0.2) is 23.1 Å². The number of hydrogen-bond acceptors (Lipinski definition) is 7. The SMILES string of the molecule is CCOc1cc([C@H]2C3=CC[C@@H]4C(=O)N(Cc5cccs5)C(=O)[C@@H]4[C@@H]3CC3=C2C(=O)C=C(C)C3=O)ccc1O. The van der Waals surface area contributed by atoms with Gasteiger partial charge >= 0.3 is 0 Å². The van der Waals surface area contributed by atoms with Crippen LogP contribution in [-0.2, 0) is 25.7 Å². The van der Waals surface area contributed by atoms with E-state index in [0.717, 1.165) is 10.5 Å². The minimum Gasteiger partial charge on any atom is -0.504 e. The lowest BCUT2D eigenvalue weighted by Gasteiger charge is -2.42. The molecule has 1 saturated heterocycles. The molecule has 0 bridgehead atoms. The number of nitrogens with zero attached hydrogens (tertiary/aromatic N) is 1. The number of fused-ring (bicyclic) bond motifs is 3. The second-order valence-electron chi connectivity index (χ2n) is 10.2. The predicted octanol–water partition coefficient (Wildman–Crippen LogP) is 4.48. The second-order valence-corrected chi connectivity index (χ2v) is 11.3. The summed E-state index contributed by atoms with van der Waals surface area (Å²) >= 11 is 1.50. The molecule has 1 aliphatic heterocycles. The first-order chi connectivity index (χ1) is 18.3. The lowest BCUT2D eigenvalue weighted by molar-refractivity contribution is -0.140. The highest BCUT2D eigenvalue weighted by atomic mass is 32.1. The number of phenolic OH excluding ortho intramolecular Hbond substituents is 1. The maximum absolute atomic E-state index is 13.8. The number of ether oxygens (including phenoxy) is 1. The molecule has 2 amide bonds. The summed E-state index contributed by atoms with van der Waals surface area (Å²) in [6.07, 6.45) is 4.03. The molecule has 3 aliphatic carbocycles. The van der Waals surface area contributed by atoms with Crippen LogP contribution in [0.3, 0.4) is 0 Å². The van der Waals surface area contributed by atoms with Gasteiger partial charge in [-0.1, -0.05) is 23.8 Å². The molecule has 1 N–H and O–H groups in total. The Morgan fingerprint density at radius 1 is 1.11 bits per heavy atom. The first-order valence-corrected chi connectivity index (χ1v) is 13.7. The first kappa shape index (κ1) is 24.6. The second kappa shape index (κ2) is 9.20. The van der Waals surface area contributed by atoms with E-state index in [1.807, 2.05) is 30.5 Å². The van der Waals surface area contributed by atoms with E-state index in [4.69, 9.17) is 4.74 Å². The van der Waals surface area contributed by atoms with E-state index in [1.54, 1.807) is 19.1 Å². The van der Waals surface area contributed by atoms with Crippen LogP contribution in [0.4, 0.5) is 0 Å². The zero-order valence-electron chi connectivity index (χ0n) is 21.1. The largest absolute Gasteiger partial charge is 0.504 e. The number of benzene rings is 1. The van der Waals surface area contributed by atoms with E-state index in [-0.39, 0.29) is 48.0 Å². The van der Waals surface area contributed by atoms with Gasteiger partial charge in [0.25, 0.3) is 0 Å². The molecule has 1 aromatic carbocycles. The van der Waals surface area contributed by atoms with E-state index >= 15 is 0 Å². The van der Waals surface area contributed by atoms with Gasteiger partial charge in [-0.25, -0.2) is 0 Å². The Morgan fingerprint density at radius 2 is 1.92 bits per heavy atom. The third kappa shape index (κ3) is 3.69. The van der Waals surface area contributed by atoms with Crippen LogP contribution in [-0.4, -0.2) is 40.0 Å². The number of allylic oxidation sites excluding steroid dienone is 6. The topological polar surface area (TPSA) is 101 Å². The molecule has 194 valence electrons. The van der Waals surface area contributed by atoms with Gasteiger partial charge in [0.1, 0.15) is 0 Å². The predicted molar refractivity (Wildman–Crippen MR) is 140 cm³/mol. The van der Waals surface area contributed by atoms with Gasteiger partial charge in [0, 0.05) is 27.5 Å². The van der Waals surface area contributed by atoms with Crippen LogP contribution in [0.15, 0.2) is 70.2 Å². The highest BCUT2D eigenvalue weighted by Crippen LogP contribution is 2.55. The molecule has 1 fully saturated rings. The fourth-order valence-electron chi connectivity index (χ4n) is 6.52. The van der Waals surface area contributed by atoms with Gasteiger partial charge in [0.2, 0.25) is 11.8 Å². The van der Waals surface area contributed by atoms with Gasteiger partial charge < -0.3 is 9.84 Å². The minimum absolute atomic E-state index is 0.0163. The Bertz CT molecular complexity index is 1480. The average Bonchev–Trinajstić information content (AvgIpc) is 3.50.